The number of benzene rings is 2. The lowest BCUT2D eigenvalue weighted by molar-refractivity contribution is -0.114. The van der Waals surface area contributed by atoms with Crippen molar-refractivity contribution in [3.05, 3.63) is 42.5 Å². The summed E-state index contributed by atoms with van der Waals surface area (Å²) in [6.07, 6.45) is 0. The maximum absolute atomic E-state index is 12.0. The largest absolute Gasteiger partial charge is 0.397 e. The van der Waals surface area contributed by atoms with Crippen molar-refractivity contribution in [3.63, 3.8) is 0 Å². The fraction of sp³-hybridized carbons (Fsp3) is 0.0714. The average molecular weight is 316 g/mol. The summed E-state index contributed by atoms with van der Waals surface area (Å²) in [5, 5.41) is 10.5. The Labute approximate surface area is 126 Å². The Hall–Kier alpha value is -2.74. The molecule has 0 aliphatic carbocycles. The van der Waals surface area contributed by atoms with Crippen LogP contribution in [0.2, 0.25) is 0 Å². The van der Waals surface area contributed by atoms with Gasteiger partial charge in [-0.3, -0.25) is 4.79 Å². The van der Waals surface area contributed by atoms with Gasteiger partial charge in [0.15, 0.2) is 9.84 Å². The first-order valence-electron chi connectivity index (χ1n) is 6.39. The third kappa shape index (κ3) is 2.68. The van der Waals surface area contributed by atoms with Crippen LogP contribution in [0.25, 0.3) is 0 Å². The van der Waals surface area contributed by atoms with Crippen molar-refractivity contribution in [1.29, 1.82) is 0 Å². The van der Waals surface area contributed by atoms with Gasteiger partial charge in [0.05, 0.1) is 22.0 Å². The predicted octanol–water partition coefficient (Wildman–Crippen LogP) is 2.41. The van der Waals surface area contributed by atoms with Crippen LogP contribution in [-0.4, -0.2) is 20.1 Å². The molecule has 0 radical (unpaired) electrons. The molecule has 2 aromatic carbocycles. The van der Waals surface area contributed by atoms with E-state index in [2.05, 4.69) is 15.5 Å². The van der Waals surface area contributed by atoms with Crippen molar-refractivity contribution in [3.8, 4) is 0 Å². The summed E-state index contributed by atoms with van der Waals surface area (Å²) >= 11 is 0. The predicted molar refractivity (Wildman–Crippen MR) is 82.2 cm³/mol. The van der Waals surface area contributed by atoms with E-state index in [0.29, 0.717) is 11.4 Å². The minimum atomic E-state index is -3.66. The molecule has 7 nitrogen and oxygen atoms in total. The number of nitrogens with one attached hydrogen (secondary N) is 1. The van der Waals surface area contributed by atoms with Gasteiger partial charge in [-0.2, -0.15) is 5.11 Å². The summed E-state index contributed by atoms with van der Waals surface area (Å²) in [5.41, 5.74) is 7.11. The Morgan fingerprint density at radius 1 is 1.09 bits per heavy atom. The quantitative estimate of drug-likeness (QED) is 0.654. The molecule has 22 heavy (non-hydrogen) atoms. The van der Waals surface area contributed by atoms with Crippen LogP contribution in [0.5, 0.6) is 0 Å². The number of carbonyl (C=O) groups is 1. The first-order valence-corrected chi connectivity index (χ1v) is 8.04. The minimum absolute atomic E-state index is 0.00302. The minimum Gasteiger partial charge on any atom is -0.397 e. The highest BCUT2D eigenvalue weighted by Crippen LogP contribution is 2.35. The number of hydrogen-bond acceptors (Lipinski definition) is 6. The molecule has 0 bridgehead atoms. The molecule has 8 heteroatoms. The van der Waals surface area contributed by atoms with Gasteiger partial charge in [-0.15, -0.1) is 5.11 Å². The first-order chi connectivity index (χ1) is 10.5. The van der Waals surface area contributed by atoms with Crippen LogP contribution in [0.3, 0.4) is 0 Å². The molecule has 1 aliphatic heterocycles. The number of rotatable bonds is 2. The number of sulfone groups is 1. The Morgan fingerprint density at radius 3 is 2.55 bits per heavy atom. The van der Waals surface area contributed by atoms with Crippen LogP contribution < -0.4 is 11.1 Å². The SMILES string of the molecule is Nc1cc2c(cc1/N=N/c1ccccc1)NC(=O)CS2(=O)=O. The number of amides is 1. The van der Waals surface area contributed by atoms with Gasteiger partial charge in [0.1, 0.15) is 11.4 Å². The molecule has 1 amide bonds. The molecular weight excluding hydrogens is 304 g/mol. The molecule has 2 aromatic rings. The van der Waals surface area contributed by atoms with Crippen LogP contribution in [-0.2, 0) is 14.6 Å². The Balaban J connectivity index is 2.03. The van der Waals surface area contributed by atoms with E-state index in [1.165, 1.54) is 12.1 Å². The highest BCUT2D eigenvalue weighted by Gasteiger charge is 2.29. The van der Waals surface area contributed by atoms with Crippen molar-refractivity contribution in [2.45, 2.75) is 4.90 Å². The molecule has 0 fully saturated rings. The number of fused-ring (bicyclic) bond motifs is 1. The summed E-state index contributed by atoms with van der Waals surface area (Å²) in [6, 6.07) is 11.7. The third-order valence-corrected chi connectivity index (χ3v) is 4.74. The highest BCUT2D eigenvalue weighted by atomic mass is 32.2. The van der Waals surface area contributed by atoms with Crippen molar-refractivity contribution in [2.24, 2.45) is 10.2 Å². The maximum atomic E-state index is 12.0. The van der Waals surface area contributed by atoms with E-state index in [4.69, 9.17) is 5.73 Å². The number of azo groups is 1. The van der Waals surface area contributed by atoms with E-state index in [9.17, 15) is 13.2 Å². The van der Waals surface area contributed by atoms with Gasteiger partial charge in [-0.1, -0.05) is 18.2 Å². The van der Waals surface area contributed by atoms with Crippen LogP contribution in [0.4, 0.5) is 22.7 Å². The number of nitrogens with zero attached hydrogens (tertiary/aromatic N) is 2. The van der Waals surface area contributed by atoms with E-state index >= 15 is 0 Å². The molecule has 0 aromatic heterocycles. The number of nitrogen functional groups attached to an aromatic ring is 1. The van der Waals surface area contributed by atoms with Gasteiger partial charge in [-0.25, -0.2) is 8.42 Å². The number of hydrogen-bond donors (Lipinski definition) is 2. The Morgan fingerprint density at radius 2 is 1.82 bits per heavy atom. The Kier molecular flexibility index (Phi) is 3.38. The van der Waals surface area contributed by atoms with Crippen LogP contribution in [0.1, 0.15) is 0 Å². The normalized spacial score (nSPS) is 16.3. The fourth-order valence-electron chi connectivity index (χ4n) is 2.07. The lowest BCUT2D eigenvalue weighted by Gasteiger charge is -2.18. The van der Waals surface area contributed by atoms with Gasteiger partial charge < -0.3 is 11.1 Å². The summed E-state index contributed by atoms with van der Waals surface area (Å²) in [7, 11) is -3.66. The van der Waals surface area contributed by atoms with Crippen molar-refractivity contribution in [2.75, 3.05) is 16.8 Å². The van der Waals surface area contributed by atoms with Crippen LogP contribution >= 0.6 is 0 Å². The molecule has 112 valence electrons. The second kappa shape index (κ2) is 5.23. The van der Waals surface area contributed by atoms with Gasteiger partial charge >= 0.3 is 0 Å². The van der Waals surface area contributed by atoms with Crippen molar-refractivity contribution < 1.29 is 13.2 Å². The highest BCUT2D eigenvalue weighted by molar-refractivity contribution is 7.92. The smallest absolute Gasteiger partial charge is 0.239 e. The zero-order valence-corrected chi connectivity index (χ0v) is 12.2. The molecule has 0 atom stereocenters. The van der Waals surface area contributed by atoms with Gasteiger partial charge in [0.2, 0.25) is 5.91 Å². The second-order valence-electron chi connectivity index (χ2n) is 4.75. The van der Waals surface area contributed by atoms with Gasteiger partial charge in [0, 0.05) is 0 Å². The van der Waals surface area contributed by atoms with E-state index in [0.717, 1.165) is 0 Å². The Bertz CT molecular complexity index is 876. The zero-order chi connectivity index (χ0) is 15.7. The lowest BCUT2D eigenvalue weighted by Crippen LogP contribution is -2.29. The number of anilines is 2. The summed E-state index contributed by atoms with van der Waals surface area (Å²) in [5.74, 6) is -1.16. The molecule has 0 unspecified atom stereocenters. The third-order valence-electron chi connectivity index (χ3n) is 3.09. The molecule has 0 spiro atoms. The number of carbonyl (C=O) groups excluding carboxylic acids is 1. The van der Waals surface area contributed by atoms with E-state index < -0.39 is 21.5 Å². The number of nitrogens with two attached hydrogens (primary N) is 1. The molecular formula is C14H12N4O3S. The zero-order valence-electron chi connectivity index (χ0n) is 11.4. The average Bonchev–Trinajstić information content (AvgIpc) is 2.46. The summed E-state index contributed by atoms with van der Waals surface area (Å²) < 4.78 is 23.9. The first kappa shape index (κ1) is 14.2. The summed E-state index contributed by atoms with van der Waals surface area (Å²) in [4.78, 5) is 11.4. The fourth-order valence-corrected chi connectivity index (χ4v) is 3.39. The maximum Gasteiger partial charge on any atom is 0.239 e. The lowest BCUT2D eigenvalue weighted by atomic mass is 10.2. The van der Waals surface area contributed by atoms with Gasteiger partial charge in [0.25, 0.3) is 0 Å². The molecule has 1 heterocycles. The van der Waals surface area contributed by atoms with E-state index in [-0.39, 0.29) is 16.3 Å². The molecule has 3 N–H and O–H groups in total. The molecule has 0 saturated carbocycles. The van der Waals surface area contributed by atoms with Crippen molar-refractivity contribution in [1.82, 2.24) is 0 Å². The molecule has 1 aliphatic rings. The van der Waals surface area contributed by atoms with Crippen molar-refractivity contribution >= 4 is 38.5 Å². The second-order valence-corrected chi connectivity index (χ2v) is 6.71. The topological polar surface area (TPSA) is 114 Å². The molecule has 3 rings (SSSR count). The van der Waals surface area contributed by atoms with E-state index in [1.807, 2.05) is 18.2 Å². The van der Waals surface area contributed by atoms with E-state index in [1.54, 1.807) is 12.1 Å². The monoisotopic (exact) mass is 316 g/mol. The standard InChI is InChI=1S/C14H12N4O3S/c15-10-6-13-12(16-14(19)8-22(13,20)21)7-11(10)18-17-9-4-2-1-3-5-9/h1-7H,8,15H2,(H,16,19)/b18-17+. The summed E-state index contributed by atoms with van der Waals surface area (Å²) in [6.45, 7) is 0. The van der Waals surface area contributed by atoms with Gasteiger partial charge in [-0.05, 0) is 24.3 Å². The van der Waals surface area contributed by atoms with Crippen LogP contribution in [0, 0.1) is 0 Å². The van der Waals surface area contributed by atoms with Crippen LogP contribution in [0.15, 0.2) is 57.6 Å². The molecule has 0 saturated heterocycles.